The van der Waals surface area contributed by atoms with Gasteiger partial charge in [0.2, 0.25) is 0 Å². The predicted octanol–water partition coefficient (Wildman–Crippen LogP) is 0.189. The Hall–Kier alpha value is -0.0800. The van der Waals surface area contributed by atoms with E-state index in [1.54, 1.807) is 0 Å². The fourth-order valence-corrected chi connectivity index (χ4v) is 0. The molecule has 0 atom stereocenters. The van der Waals surface area contributed by atoms with E-state index in [-0.39, 0.29) is 0 Å². The number of rotatable bonds is 1. The topological polar surface area (TPSA) is 38.0 Å². The van der Waals surface area contributed by atoms with Crippen LogP contribution in [0.2, 0.25) is 0 Å². The van der Waals surface area contributed by atoms with E-state index in [1.807, 2.05) is 7.05 Å². The predicted molar refractivity (Wildman–Crippen MR) is 34.3 cm³/mol. The highest BCUT2D eigenvalue weighted by atomic mass is 14.8. The maximum absolute atomic E-state index is 4.50. The van der Waals surface area contributed by atoms with E-state index in [0.717, 1.165) is 0 Å². The SMILES string of the molecule is CN.CNC(C)C. The molecule has 0 aliphatic carbocycles. The summed E-state index contributed by atoms with van der Waals surface area (Å²) in [6, 6.07) is 0.634. The smallest absolute Gasteiger partial charge is 0.000733 e. The molecule has 0 bridgehead atoms. The van der Waals surface area contributed by atoms with E-state index >= 15 is 0 Å². The molecule has 7 heavy (non-hydrogen) atoms. The zero-order valence-electron chi connectivity index (χ0n) is 5.65. The van der Waals surface area contributed by atoms with E-state index in [0.29, 0.717) is 6.04 Å². The lowest BCUT2D eigenvalue weighted by Gasteiger charge is -1.95. The Morgan fingerprint density at radius 3 is 1.43 bits per heavy atom. The van der Waals surface area contributed by atoms with Crippen molar-refractivity contribution in [2.75, 3.05) is 14.1 Å². The third-order valence-electron chi connectivity index (χ3n) is 0.577. The first kappa shape index (κ1) is 10.0. The van der Waals surface area contributed by atoms with Gasteiger partial charge in [0.1, 0.15) is 0 Å². The first-order valence-electron chi connectivity index (χ1n) is 2.52. The van der Waals surface area contributed by atoms with E-state index in [2.05, 4.69) is 24.9 Å². The van der Waals surface area contributed by atoms with Gasteiger partial charge in [0.15, 0.2) is 0 Å². The second-order valence-electron chi connectivity index (χ2n) is 1.44. The van der Waals surface area contributed by atoms with Crippen LogP contribution in [0.25, 0.3) is 0 Å². The van der Waals surface area contributed by atoms with Gasteiger partial charge in [0, 0.05) is 6.04 Å². The van der Waals surface area contributed by atoms with Gasteiger partial charge in [-0.15, -0.1) is 0 Å². The summed E-state index contributed by atoms with van der Waals surface area (Å²) in [5.74, 6) is 0. The molecule has 0 heterocycles. The Balaban J connectivity index is 0. The van der Waals surface area contributed by atoms with Crippen LogP contribution < -0.4 is 11.1 Å². The minimum atomic E-state index is 0.634. The molecule has 46 valence electrons. The van der Waals surface area contributed by atoms with Crippen molar-refractivity contribution in [1.82, 2.24) is 5.32 Å². The zero-order valence-corrected chi connectivity index (χ0v) is 5.65. The fourth-order valence-electron chi connectivity index (χ4n) is 0. The lowest BCUT2D eigenvalue weighted by molar-refractivity contribution is 0.668. The lowest BCUT2D eigenvalue weighted by atomic mass is 10.4. The normalized spacial score (nSPS) is 7.71. The molecule has 0 aromatic rings. The largest absolute Gasteiger partial charge is 0.333 e. The quantitative estimate of drug-likeness (QED) is 0.498. The lowest BCUT2D eigenvalue weighted by Crippen LogP contribution is -2.15. The summed E-state index contributed by atoms with van der Waals surface area (Å²) in [6.45, 7) is 4.22. The van der Waals surface area contributed by atoms with Crippen LogP contribution in [0.3, 0.4) is 0 Å². The fraction of sp³-hybridized carbons (Fsp3) is 1.00. The monoisotopic (exact) mass is 104 g/mol. The molecule has 0 aliphatic heterocycles. The number of hydrogen-bond donors (Lipinski definition) is 2. The van der Waals surface area contributed by atoms with E-state index in [9.17, 15) is 0 Å². The third kappa shape index (κ3) is 24.7. The summed E-state index contributed by atoms with van der Waals surface area (Å²) in [4.78, 5) is 0. The van der Waals surface area contributed by atoms with Crippen molar-refractivity contribution in [2.45, 2.75) is 19.9 Å². The van der Waals surface area contributed by atoms with Crippen molar-refractivity contribution in [3.63, 3.8) is 0 Å². The summed E-state index contributed by atoms with van der Waals surface area (Å²) < 4.78 is 0. The Kier molecular flexibility index (Phi) is 13.3. The molecule has 2 heteroatoms. The van der Waals surface area contributed by atoms with Crippen LogP contribution in [0.1, 0.15) is 13.8 Å². The first-order valence-corrected chi connectivity index (χ1v) is 2.52. The van der Waals surface area contributed by atoms with Crippen LogP contribution in [0.5, 0.6) is 0 Å². The van der Waals surface area contributed by atoms with Crippen LogP contribution in [0, 0.1) is 0 Å². The molecule has 0 fully saturated rings. The molecule has 2 nitrogen and oxygen atoms in total. The van der Waals surface area contributed by atoms with Gasteiger partial charge >= 0.3 is 0 Å². The van der Waals surface area contributed by atoms with Crippen molar-refractivity contribution in [3.05, 3.63) is 0 Å². The summed E-state index contributed by atoms with van der Waals surface area (Å²) in [5, 5.41) is 3.03. The van der Waals surface area contributed by atoms with Crippen molar-refractivity contribution in [2.24, 2.45) is 5.73 Å². The number of hydrogen-bond acceptors (Lipinski definition) is 2. The van der Waals surface area contributed by atoms with E-state index in [1.165, 1.54) is 7.05 Å². The summed E-state index contributed by atoms with van der Waals surface area (Å²) in [7, 11) is 3.45. The highest BCUT2D eigenvalue weighted by Crippen LogP contribution is 1.66. The first-order chi connectivity index (χ1) is 3.27. The molecule has 0 rings (SSSR count). The zero-order chi connectivity index (χ0) is 6.28. The van der Waals surface area contributed by atoms with Crippen LogP contribution in [0.4, 0.5) is 0 Å². The molecule has 0 unspecified atom stereocenters. The molecule has 0 aromatic heterocycles. The van der Waals surface area contributed by atoms with Crippen molar-refractivity contribution in [1.29, 1.82) is 0 Å². The van der Waals surface area contributed by atoms with Gasteiger partial charge in [0.25, 0.3) is 0 Å². The minimum absolute atomic E-state index is 0.634. The molecule has 0 saturated carbocycles. The highest BCUT2D eigenvalue weighted by molar-refractivity contribution is 4.40. The van der Waals surface area contributed by atoms with E-state index < -0.39 is 0 Å². The maximum Gasteiger partial charge on any atom is 0.000733 e. The van der Waals surface area contributed by atoms with Crippen LogP contribution >= 0.6 is 0 Å². The van der Waals surface area contributed by atoms with Crippen LogP contribution in [-0.2, 0) is 0 Å². The molecule has 0 amide bonds. The molecule has 3 N–H and O–H groups in total. The molecule has 0 spiro atoms. The standard InChI is InChI=1S/C4H11N.CH5N/c1-4(2)5-3;1-2/h4-5H,1-3H3;2H2,1H3. The molecule has 0 saturated heterocycles. The molecule has 0 aromatic carbocycles. The second kappa shape index (κ2) is 9.33. The third-order valence-corrected chi connectivity index (χ3v) is 0.577. The highest BCUT2D eigenvalue weighted by Gasteiger charge is 1.76. The van der Waals surface area contributed by atoms with Gasteiger partial charge in [-0.1, -0.05) is 13.8 Å². The molecular formula is C5H16N2. The molecule has 0 radical (unpaired) electrons. The summed E-state index contributed by atoms with van der Waals surface area (Å²) >= 11 is 0. The van der Waals surface area contributed by atoms with Gasteiger partial charge in [-0.3, -0.25) is 0 Å². The van der Waals surface area contributed by atoms with Gasteiger partial charge < -0.3 is 11.1 Å². The van der Waals surface area contributed by atoms with Crippen molar-refractivity contribution in [3.8, 4) is 0 Å². The van der Waals surface area contributed by atoms with Crippen molar-refractivity contribution >= 4 is 0 Å². The second-order valence-corrected chi connectivity index (χ2v) is 1.44. The van der Waals surface area contributed by atoms with Crippen molar-refractivity contribution < 1.29 is 0 Å². The number of nitrogens with two attached hydrogens (primary N) is 1. The Labute approximate surface area is 46.1 Å². The minimum Gasteiger partial charge on any atom is -0.333 e. The van der Waals surface area contributed by atoms with Gasteiger partial charge in [-0.25, -0.2) is 0 Å². The average Bonchev–Trinajstić information content (AvgIpc) is 1.73. The molecule has 0 aliphatic rings. The van der Waals surface area contributed by atoms with Gasteiger partial charge in [0.05, 0.1) is 0 Å². The Morgan fingerprint density at radius 2 is 1.43 bits per heavy atom. The molecular weight excluding hydrogens is 88.1 g/mol. The Morgan fingerprint density at radius 1 is 1.29 bits per heavy atom. The van der Waals surface area contributed by atoms with Gasteiger partial charge in [-0.2, -0.15) is 0 Å². The van der Waals surface area contributed by atoms with Crippen LogP contribution in [-0.4, -0.2) is 20.1 Å². The average molecular weight is 104 g/mol. The maximum atomic E-state index is 4.50. The van der Waals surface area contributed by atoms with Gasteiger partial charge in [-0.05, 0) is 14.1 Å². The number of nitrogens with one attached hydrogen (secondary N) is 1. The van der Waals surface area contributed by atoms with Crippen LogP contribution in [0.15, 0.2) is 0 Å². The summed E-state index contributed by atoms with van der Waals surface area (Å²) in [6.07, 6.45) is 0. The summed E-state index contributed by atoms with van der Waals surface area (Å²) in [5.41, 5.74) is 4.50. The Bertz CT molecular complexity index is 20.0. The van der Waals surface area contributed by atoms with E-state index in [4.69, 9.17) is 0 Å².